The number of aliphatic hydroxyl groups excluding tert-OH is 1. The van der Waals surface area contributed by atoms with Gasteiger partial charge in [-0.3, -0.25) is 4.79 Å². The van der Waals surface area contributed by atoms with Gasteiger partial charge in [-0.25, -0.2) is 0 Å². The maximum Gasteiger partial charge on any atom is 0.247 e. The molecule has 1 aromatic rings. The molecule has 13 heavy (non-hydrogen) atoms. The van der Waals surface area contributed by atoms with Gasteiger partial charge < -0.3 is 20.6 Å². The number of primary amides is 1. The summed E-state index contributed by atoms with van der Waals surface area (Å²) < 4.78 is 5.02. The van der Waals surface area contributed by atoms with Gasteiger partial charge in [-0.15, -0.1) is 0 Å². The Hall–Kier alpha value is -1.33. The molecular formula is C8H12N2O3. The molecule has 0 spiro atoms. The van der Waals surface area contributed by atoms with Gasteiger partial charge in [0, 0.05) is 6.54 Å². The van der Waals surface area contributed by atoms with Crippen LogP contribution in [0, 0.1) is 0 Å². The minimum atomic E-state index is -1.14. The third-order valence-electron chi connectivity index (χ3n) is 1.55. The molecule has 72 valence electrons. The Kier molecular flexibility index (Phi) is 3.48. The molecule has 0 aromatic carbocycles. The van der Waals surface area contributed by atoms with Crippen molar-refractivity contribution in [2.45, 2.75) is 12.6 Å². The van der Waals surface area contributed by atoms with Crippen LogP contribution in [-0.4, -0.2) is 23.7 Å². The minimum absolute atomic E-state index is 0.135. The predicted molar refractivity (Wildman–Crippen MR) is 45.6 cm³/mol. The number of nitrogens with two attached hydrogens (primary N) is 1. The van der Waals surface area contributed by atoms with Gasteiger partial charge in [0.05, 0.1) is 12.8 Å². The minimum Gasteiger partial charge on any atom is -0.468 e. The third-order valence-corrected chi connectivity index (χ3v) is 1.55. The molecule has 4 N–H and O–H groups in total. The van der Waals surface area contributed by atoms with Crippen molar-refractivity contribution in [3.05, 3.63) is 24.2 Å². The van der Waals surface area contributed by atoms with Crippen molar-refractivity contribution in [1.82, 2.24) is 5.32 Å². The molecule has 1 aromatic heterocycles. The summed E-state index contributed by atoms with van der Waals surface area (Å²) in [6.07, 6.45) is 0.414. The summed E-state index contributed by atoms with van der Waals surface area (Å²) in [7, 11) is 0. The van der Waals surface area contributed by atoms with E-state index in [9.17, 15) is 4.79 Å². The molecule has 0 radical (unpaired) electrons. The second-order valence-corrected chi connectivity index (χ2v) is 2.63. The Morgan fingerprint density at radius 2 is 2.54 bits per heavy atom. The number of aliphatic hydroxyl groups is 1. The van der Waals surface area contributed by atoms with Crippen LogP contribution in [0.4, 0.5) is 0 Å². The zero-order chi connectivity index (χ0) is 9.68. The van der Waals surface area contributed by atoms with E-state index in [4.69, 9.17) is 15.3 Å². The summed E-state index contributed by atoms with van der Waals surface area (Å²) in [6.45, 7) is 0.605. The smallest absolute Gasteiger partial charge is 0.247 e. The van der Waals surface area contributed by atoms with Crippen LogP contribution in [0.2, 0.25) is 0 Å². The van der Waals surface area contributed by atoms with E-state index in [1.54, 1.807) is 18.4 Å². The van der Waals surface area contributed by atoms with Crippen molar-refractivity contribution in [3.8, 4) is 0 Å². The standard InChI is InChI=1S/C8H12N2O3/c9-8(12)7(11)5-10-4-6-2-1-3-13-6/h1-3,7,10-11H,4-5H2,(H2,9,12). The van der Waals surface area contributed by atoms with Crippen LogP contribution in [-0.2, 0) is 11.3 Å². The van der Waals surface area contributed by atoms with E-state index in [-0.39, 0.29) is 6.54 Å². The molecular weight excluding hydrogens is 172 g/mol. The number of carbonyl (C=O) groups excluding carboxylic acids is 1. The summed E-state index contributed by atoms with van der Waals surface area (Å²) in [5.41, 5.74) is 4.84. The Morgan fingerprint density at radius 3 is 3.08 bits per heavy atom. The first-order chi connectivity index (χ1) is 6.20. The highest BCUT2D eigenvalue weighted by Gasteiger charge is 2.09. The molecule has 5 nitrogen and oxygen atoms in total. The summed E-state index contributed by atoms with van der Waals surface area (Å²) in [6, 6.07) is 3.56. The van der Waals surface area contributed by atoms with Crippen molar-refractivity contribution < 1.29 is 14.3 Å². The van der Waals surface area contributed by atoms with E-state index in [0.717, 1.165) is 5.76 Å². The zero-order valence-electron chi connectivity index (χ0n) is 7.06. The average Bonchev–Trinajstić information content (AvgIpc) is 2.56. The fourth-order valence-electron chi connectivity index (χ4n) is 0.846. The van der Waals surface area contributed by atoms with Crippen LogP contribution in [0.3, 0.4) is 0 Å². The lowest BCUT2D eigenvalue weighted by molar-refractivity contribution is -0.125. The van der Waals surface area contributed by atoms with E-state index >= 15 is 0 Å². The molecule has 1 unspecified atom stereocenters. The van der Waals surface area contributed by atoms with Crippen LogP contribution in [0.15, 0.2) is 22.8 Å². The van der Waals surface area contributed by atoms with E-state index < -0.39 is 12.0 Å². The third kappa shape index (κ3) is 3.27. The summed E-state index contributed by atoms with van der Waals surface area (Å²) in [5, 5.41) is 11.8. The number of rotatable bonds is 5. The SMILES string of the molecule is NC(=O)C(O)CNCc1ccco1. The Bertz CT molecular complexity index is 258. The Labute approximate surface area is 75.5 Å². The summed E-state index contributed by atoms with van der Waals surface area (Å²) >= 11 is 0. The van der Waals surface area contributed by atoms with Gasteiger partial charge in [-0.1, -0.05) is 0 Å². The van der Waals surface area contributed by atoms with Gasteiger partial charge in [-0.2, -0.15) is 0 Å². The lowest BCUT2D eigenvalue weighted by Crippen LogP contribution is -2.37. The van der Waals surface area contributed by atoms with Crippen molar-refractivity contribution in [1.29, 1.82) is 0 Å². The number of hydrogen-bond acceptors (Lipinski definition) is 4. The van der Waals surface area contributed by atoms with Gasteiger partial charge >= 0.3 is 0 Å². The molecule has 0 saturated carbocycles. The number of carbonyl (C=O) groups is 1. The molecule has 0 aliphatic carbocycles. The quantitative estimate of drug-likeness (QED) is 0.559. The highest BCUT2D eigenvalue weighted by atomic mass is 16.3. The van der Waals surface area contributed by atoms with Crippen molar-refractivity contribution in [2.24, 2.45) is 5.73 Å². The zero-order valence-corrected chi connectivity index (χ0v) is 7.06. The lowest BCUT2D eigenvalue weighted by Gasteiger charge is -2.06. The summed E-state index contributed by atoms with van der Waals surface area (Å²) in [4.78, 5) is 10.4. The molecule has 1 heterocycles. The molecule has 0 bridgehead atoms. The molecule has 1 rings (SSSR count). The maximum atomic E-state index is 10.4. The predicted octanol–water partition coefficient (Wildman–Crippen LogP) is -0.785. The first-order valence-corrected chi connectivity index (χ1v) is 3.90. The van der Waals surface area contributed by atoms with E-state index in [2.05, 4.69) is 5.32 Å². The molecule has 0 saturated heterocycles. The number of furan rings is 1. The van der Waals surface area contributed by atoms with E-state index in [0.29, 0.717) is 6.54 Å². The van der Waals surface area contributed by atoms with Crippen LogP contribution < -0.4 is 11.1 Å². The number of amides is 1. The number of nitrogens with one attached hydrogen (secondary N) is 1. The van der Waals surface area contributed by atoms with E-state index in [1.165, 1.54) is 0 Å². The second kappa shape index (κ2) is 4.64. The van der Waals surface area contributed by atoms with Crippen molar-refractivity contribution in [3.63, 3.8) is 0 Å². The van der Waals surface area contributed by atoms with Gasteiger partial charge in [0.25, 0.3) is 0 Å². The fraction of sp³-hybridized carbons (Fsp3) is 0.375. The average molecular weight is 184 g/mol. The van der Waals surface area contributed by atoms with Gasteiger partial charge in [0.2, 0.25) is 5.91 Å². The second-order valence-electron chi connectivity index (χ2n) is 2.63. The van der Waals surface area contributed by atoms with Gasteiger partial charge in [0.15, 0.2) is 0 Å². The largest absolute Gasteiger partial charge is 0.468 e. The summed E-state index contributed by atoms with van der Waals surface area (Å²) in [5.74, 6) is 0.0172. The molecule has 1 amide bonds. The van der Waals surface area contributed by atoms with Crippen molar-refractivity contribution in [2.75, 3.05) is 6.54 Å². The lowest BCUT2D eigenvalue weighted by atomic mass is 10.3. The highest BCUT2D eigenvalue weighted by Crippen LogP contribution is 1.98. The highest BCUT2D eigenvalue weighted by molar-refractivity contribution is 5.78. The Balaban J connectivity index is 2.18. The molecule has 5 heteroatoms. The normalized spacial score (nSPS) is 12.7. The topological polar surface area (TPSA) is 88.5 Å². The molecule has 0 aliphatic heterocycles. The Morgan fingerprint density at radius 1 is 1.77 bits per heavy atom. The monoisotopic (exact) mass is 184 g/mol. The van der Waals surface area contributed by atoms with E-state index in [1.807, 2.05) is 0 Å². The first-order valence-electron chi connectivity index (χ1n) is 3.90. The van der Waals surface area contributed by atoms with Gasteiger partial charge in [0.1, 0.15) is 11.9 Å². The van der Waals surface area contributed by atoms with Crippen LogP contribution in [0.25, 0.3) is 0 Å². The molecule has 0 aliphatic rings. The molecule has 1 atom stereocenters. The fourth-order valence-corrected chi connectivity index (χ4v) is 0.846. The maximum absolute atomic E-state index is 10.4. The van der Waals surface area contributed by atoms with Crippen LogP contribution in [0.5, 0.6) is 0 Å². The van der Waals surface area contributed by atoms with Crippen LogP contribution >= 0.6 is 0 Å². The van der Waals surface area contributed by atoms with Crippen LogP contribution in [0.1, 0.15) is 5.76 Å². The first kappa shape index (κ1) is 9.76. The molecule has 0 fully saturated rings. The van der Waals surface area contributed by atoms with Gasteiger partial charge in [-0.05, 0) is 12.1 Å². The number of hydrogen-bond donors (Lipinski definition) is 3. The van der Waals surface area contributed by atoms with Crippen molar-refractivity contribution >= 4 is 5.91 Å².